The average Bonchev–Trinajstić information content (AvgIpc) is 2.97. The Morgan fingerprint density at radius 2 is 2.14 bits per heavy atom. The molecule has 0 aliphatic carbocycles. The SMILES string of the molecule is O=[N+]([O-])c1cccc(-c2cnc(CN3CCNCC3)[nH]2)c1. The van der Waals surface area contributed by atoms with E-state index in [1.54, 1.807) is 18.3 Å². The van der Waals surface area contributed by atoms with Crippen LogP contribution in [0.25, 0.3) is 11.3 Å². The second-order valence-electron chi connectivity index (χ2n) is 5.08. The fourth-order valence-electron chi connectivity index (χ4n) is 2.46. The molecule has 1 aliphatic heterocycles. The van der Waals surface area contributed by atoms with Crippen molar-refractivity contribution in [1.29, 1.82) is 0 Å². The first-order valence-electron chi connectivity index (χ1n) is 6.94. The first kappa shape index (κ1) is 13.7. The van der Waals surface area contributed by atoms with Crippen molar-refractivity contribution in [3.63, 3.8) is 0 Å². The first-order valence-corrected chi connectivity index (χ1v) is 6.94. The zero-order valence-corrected chi connectivity index (χ0v) is 11.6. The predicted octanol–water partition coefficient (Wildman–Crippen LogP) is 1.39. The lowest BCUT2D eigenvalue weighted by atomic mass is 10.1. The molecular formula is C14H17N5O2. The molecule has 0 saturated carbocycles. The van der Waals surface area contributed by atoms with Gasteiger partial charge in [-0.2, -0.15) is 0 Å². The van der Waals surface area contributed by atoms with Crippen molar-refractivity contribution in [2.75, 3.05) is 26.2 Å². The molecule has 2 aromatic rings. The van der Waals surface area contributed by atoms with E-state index in [2.05, 4.69) is 20.2 Å². The zero-order chi connectivity index (χ0) is 14.7. The second-order valence-corrected chi connectivity index (χ2v) is 5.08. The van der Waals surface area contributed by atoms with E-state index in [1.165, 1.54) is 6.07 Å². The van der Waals surface area contributed by atoms with Gasteiger partial charge in [-0.3, -0.25) is 15.0 Å². The molecule has 1 fully saturated rings. The highest BCUT2D eigenvalue weighted by Gasteiger charge is 2.13. The van der Waals surface area contributed by atoms with Crippen LogP contribution in [0.1, 0.15) is 5.82 Å². The molecular weight excluding hydrogens is 270 g/mol. The van der Waals surface area contributed by atoms with E-state index in [1.807, 2.05) is 6.07 Å². The van der Waals surface area contributed by atoms with Crippen LogP contribution >= 0.6 is 0 Å². The summed E-state index contributed by atoms with van der Waals surface area (Å²) in [6.07, 6.45) is 1.73. The van der Waals surface area contributed by atoms with E-state index in [-0.39, 0.29) is 10.6 Å². The lowest BCUT2D eigenvalue weighted by Gasteiger charge is -2.26. The molecule has 0 amide bonds. The molecule has 110 valence electrons. The zero-order valence-electron chi connectivity index (χ0n) is 11.6. The van der Waals surface area contributed by atoms with Gasteiger partial charge >= 0.3 is 0 Å². The minimum atomic E-state index is -0.387. The molecule has 1 aromatic carbocycles. The summed E-state index contributed by atoms with van der Waals surface area (Å²) in [4.78, 5) is 20.4. The number of non-ortho nitro benzene ring substituents is 1. The van der Waals surface area contributed by atoms with Gasteiger partial charge < -0.3 is 10.3 Å². The molecule has 21 heavy (non-hydrogen) atoms. The van der Waals surface area contributed by atoms with E-state index in [0.29, 0.717) is 0 Å². The Balaban J connectivity index is 1.75. The number of H-pyrrole nitrogens is 1. The maximum absolute atomic E-state index is 10.8. The van der Waals surface area contributed by atoms with Crippen LogP contribution in [0, 0.1) is 10.1 Å². The Bertz CT molecular complexity index is 634. The number of imidazole rings is 1. The molecule has 0 atom stereocenters. The fraction of sp³-hybridized carbons (Fsp3) is 0.357. The van der Waals surface area contributed by atoms with Gasteiger partial charge in [-0.05, 0) is 0 Å². The molecule has 7 heteroatoms. The topological polar surface area (TPSA) is 87.1 Å². The highest BCUT2D eigenvalue weighted by Crippen LogP contribution is 2.22. The number of benzene rings is 1. The lowest BCUT2D eigenvalue weighted by molar-refractivity contribution is -0.384. The normalized spacial score (nSPS) is 16.0. The summed E-state index contributed by atoms with van der Waals surface area (Å²) < 4.78 is 0. The summed E-state index contributed by atoms with van der Waals surface area (Å²) in [6, 6.07) is 6.57. The molecule has 0 unspecified atom stereocenters. The monoisotopic (exact) mass is 287 g/mol. The number of rotatable bonds is 4. The van der Waals surface area contributed by atoms with Crippen LogP contribution in [-0.4, -0.2) is 46.0 Å². The standard InChI is InChI=1S/C14H17N5O2/c20-19(21)12-3-1-2-11(8-12)13-9-16-14(17-13)10-18-6-4-15-5-7-18/h1-3,8-9,15H,4-7,10H2,(H,16,17). The van der Waals surface area contributed by atoms with Crippen molar-refractivity contribution in [1.82, 2.24) is 20.2 Å². The van der Waals surface area contributed by atoms with Gasteiger partial charge in [0.25, 0.3) is 5.69 Å². The maximum Gasteiger partial charge on any atom is 0.270 e. The van der Waals surface area contributed by atoms with Crippen LogP contribution in [0.15, 0.2) is 30.5 Å². The van der Waals surface area contributed by atoms with Gasteiger partial charge in [0.1, 0.15) is 5.82 Å². The summed E-state index contributed by atoms with van der Waals surface area (Å²) in [6.45, 7) is 4.78. The molecule has 3 rings (SSSR count). The van der Waals surface area contributed by atoms with Gasteiger partial charge in [0, 0.05) is 43.9 Å². The number of nitrogens with zero attached hydrogens (tertiary/aromatic N) is 3. The lowest BCUT2D eigenvalue weighted by Crippen LogP contribution is -2.43. The van der Waals surface area contributed by atoms with Gasteiger partial charge in [-0.1, -0.05) is 12.1 Å². The van der Waals surface area contributed by atoms with Crippen molar-refractivity contribution >= 4 is 5.69 Å². The Hall–Kier alpha value is -2.25. The van der Waals surface area contributed by atoms with Gasteiger partial charge in [0.15, 0.2) is 0 Å². The number of aromatic nitrogens is 2. The third-order valence-electron chi connectivity index (χ3n) is 3.58. The molecule has 1 saturated heterocycles. The van der Waals surface area contributed by atoms with Crippen LogP contribution in [0.5, 0.6) is 0 Å². The summed E-state index contributed by atoms with van der Waals surface area (Å²) in [7, 11) is 0. The average molecular weight is 287 g/mol. The Morgan fingerprint density at radius 3 is 2.90 bits per heavy atom. The fourth-order valence-corrected chi connectivity index (χ4v) is 2.46. The van der Waals surface area contributed by atoms with E-state index < -0.39 is 0 Å². The van der Waals surface area contributed by atoms with Gasteiger partial charge in [0.2, 0.25) is 0 Å². The van der Waals surface area contributed by atoms with Crippen molar-refractivity contribution in [3.05, 3.63) is 46.4 Å². The molecule has 0 radical (unpaired) electrons. The summed E-state index contributed by atoms with van der Waals surface area (Å²) in [5.74, 6) is 0.887. The van der Waals surface area contributed by atoms with Crippen molar-refractivity contribution in [2.45, 2.75) is 6.54 Å². The summed E-state index contributed by atoms with van der Waals surface area (Å²) in [5.41, 5.74) is 1.68. The number of hydrogen-bond donors (Lipinski definition) is 2. The number of nitro benzene ring substituents is 1. The number of piperazine rings is 1. The third-order valence-corrected chi connectivity index (χ3v) is 3.58. The Labute approximate surface area is 122 Å². The largest absolute Gasteiger partial charge is 0.341 e. The van der Waals surface area contributed by atoms with Crippen molar-refractivity contribution in [3.8, 4) is 11.3 Å². The third kappa shape index (κ3) is 3.26. The van der Waals surface area contributed by atoms with E-state index in [4.69, 9.17) is 0 Å². The number of nitrogens with one attached hydrogen (secondary N) is 2. The highest BCUT2D eigenvalue weighted by molar-refractivity contribution is 5.61. The van der Waals surface area contributed by atoms with E-state index in [0.717, 1.165) is 49.8 Å². The molecule has 7 nitrogen and oxygen atoms in total. The Kier molecular flexibility index (Phi) is 3.94. The van der Waals surface area contributed by atoms with Crippen LogP contribution in [0.4, 0.5) is 5.69 Å². The maximum atomic E-state index is 10.8. The van der Waals surface area contributed by atoms with Gasteiger partial charge in [-0.15, -0.1) is 0 Å². The minimum Gasteiger partial charge on any atom is -0.341 e. The van der Waals surface area contributed by atoms with Crippen LogP contribution in [0.2, 0.25) is 0 Å². The molecule has 0 spiro atoms. The number of hydrogen-bond acceptors (Lipinski definition) is 5. The van der Waals surface area contributed by atoms with Crippen LogP contribution in [-0.2, 0) is 6.54 Å². The predicted molar refractivity (Wildman–Crippen MR) is 78.8 cm³/mol. The smallest absolute Gasteiger partial charge is 0.270 e. The van der Waals surface area contributed by atoms with Gasteiger partial charge in [0.05, 0.1) is 23.4 Å². The minimum absolute atomic E-state index is 0.0887. The number of nitro groups is 1. The number of aromatic amines is 1. The second kappa shape index (κ2) is 6.02. The molecule has 2 N–H and O–H groups in total. The highest BCUT2D eigenvalue weighted by atomic mass is 16.6. The molecule has 1 aromatic heterocycles. The molecule has 2 heterocycles. The van der Waals surface area contributed by atoms with Gasteiger partial charge in [-0.25, -0.2) is 4.98 Å². The first-order chi connectivity index (χ1) is 10.2. The summed E-state index contributed by atoms with van der Waals surface area (Å²) in [5, 5.41) is 14.1. The summed E-state index contributed by atoms with van der Waals surface area (Å²) >= 11 is 0. The van der Waals surface area contributed by atoms with Crippen molar-refractivity contribution in [2.24, 2.45) is 0 Å². The molecule has 1 aliphatic rings. The van der Waals surface area contributed by atoms with E-state index in [9.17, 15) is 10.1 Å². The van der Waals surface area contributed by atoms with Crippen molar-refractivity contribution < 1.29 is 4.92 Å². The molecule has 0 bridgehead atoms. The van der Waals surface area contributed by atoms with Crippen LogP contribution in [0.3, 0.4) is 0 Å². The van der Waals surface area contributed by atoms with Crippen LogP contribution < -0.4 is 5.32 Å². The van der Waals surface area contributed by atoms with E-state index >= 15 is 0 Å². The quantitative estimate of drug-likeness (QED) is 0.655. The Morgan fingerprint density at radius 1 is 1.33 bits per heavy atom.